The summed E-state index contributed by atoms with van der Waals surface area (Å²) in [6.45, 7) is 5.43. The minimum atomic E-state index is -0.262. The fourth-order valence-electron chi connectivity index (χ4n) is 3.21. The van der Waals surface area contributed by atoms with E-state index in [1.807, 2.05) is 32.0 Å². The van der Waals surface area contributed by atoms with Gasteiger partial charge in [-0.25, -0.2) is 0 Å². The Hall–Kier alpha value is -1.88. The lowest BCUT2D eigenvalue weighted by Gasteiger charge is -2.20. The molecule has 0 amide bonds. The second kappa shape index (κ2) is 5.72. The first kappa shape index (κ1) is 15.0. The molecule has 0 fully saturated rings. The van der Waals surface area contributed by atoms with Gasteiger partial charge in [-0.1, -0.05) is 28.1 Å². The van der Waals surface area contributed by atoms with E-state index in [1.165, 1.54) is 5.56 Å². The Morgan fingerprint density at radius 3 is 2.59 bits per heavy atom. The summed E-state index contributed by atoms with van der Waals surface area (Å²) in [5, 5.41) is 11.2. The first-order valence-corrected chi connectivity index (χ1v) is 8.03. The number of benzene rings is 2. The number of nitro groups is 1. The predicted molar refractivity (Wildman–Crippen MR) is 91.5 cm³/mol. The normalized spacial score (nSPS) is 13.3. The number of halogens is 1. The number of hydrogen-bond acceptors (Lipinski definition) is 3. The van der Waals surface area contributed by atoms with E-state index in [-0.39, 0.29) is 10.6 Å². The summed E-state index contributed by atoms with van der Waals surface area (Å²) in [7, 11) is 0. The molecule has 1 heterocycles. The second-order valence-electron chi connectivity index (χ2n) is 5.72. The van der Waals surface area contributed by atoms with E-state index in [0.717, 1.165) is 46.4 Å². The van der Waals surface area contributed by atoms with Crippen molar-refractivity contribution in [3.05, 3.63) is 67.2 Å². The van der Waals surface area contributed by atoms with Crippen molar-refractivity contribution in [3.8, 4) is 0 Å². The van der Waals surface area contributed by atoms with Gasteiger partial charge in [0, 0.05) is 34.4 Å². The van der Waals surface area contributed by atoms with E-state index in [4.69, 9.17) is 0 Å². The molecule has 114 valence electrons. The van der Waals surface area contributed by atoms with E-state index >= 15 is 0 Å². The van der Waals surface area contributed by atoms with Gasteiger partial charge in [0.15, 0.2) is 0 Å². The van der Waals surface area contributed by atoms with Crippen LogP contribution in [0.4, 0.5) is 11.4 Å². The van der Waals surface area contributed by atoms with Gasteiger partial charge in [0.1, 0.15) is 0 Å². The molecule has 4 nitrogen and oxygen atoms in total. The highest BCUT2D eigenvalue weighted by Crippen LogP contribution is 2.38. The van der Waals surface area contributed by atoms with Crippen molar-refractivity contribution in [3.63, 3.8) is 0 Å². The molecule has 22 heavy (non-hydrogen) atoms. The van der Waals surface area contributed by atoms with E-state index < -0.39 is 0 Å². The Bertz CT molecular complexity index is 741. The minimum absolute atomic E-state index is 0.262. The summed E-state index contributed by atoms with van der Waals surface area (Å²) in [5.41, 5.74) is 5.33. The van der Waals surface area contributed by atoms with Crippen LogP contribution in [0.15, 0.2) is 34.8 Å². The van der Waals surface area contributed by atoms with E-state index in [9.17, 15) is 10.1 Å². The molecular formula is C17H17BrN2O2. The van der Waals surface area contributed by atoms with Gasteiger partial charge < -0.3 is 4.90 Å². The third-order valence-electron chi connectivity index (χ3n) is 4.29. The smallest absolute Gasteiger partial charge is 0.275 e. The van der Waals surface area contributed by atoms with Gasteiger partial charge >= 0.3 is 0 Å². The zero-order valence-corrected chi connectivity index (χ0v) is 14.2. The summed E-state index contributed by atoms with van der Waals surface area (Å²) < 4.78 is 1.07. The molecule has 0 bridgehead atoms. The molecule has 0 atom stereocenters. The quantitative estimate of drug-likeness (QED) is 0.596. The van der Waals surface area contributed by atoms with Crippen molar-refractivity contribution in [2.24, 2.45) is 0 Å². The van der Waals surface area contributed by atoms with Crippen LogP contribution in [0.3, 0.4) is 0 Å². The third kappa shape index (κ3) is 2.61. The molecule has 0 aliphatic carbocycles. The molecule has 2 aromatic carbocycles. The van der Waals surface area contributed by atoms with Crippen LogP contribution in [0.5, 0.6) is 0 Å². The van der Waals surface area contributed by atoms with Crippen molar-refractivity contribution in [2.45, 2.75) is 26.8 Å². The molecule has 2 aromatic rings. The Balaban J connectivity index is 1.95. The van der Waals surface area contributed by atoms with Crippen LogP contribution in [0.25, 0.3) is 0 Å². The molecule has 1 aliphatic heterocycles. The molecule has 1 aliphatic rings. The minimum Gasteiger partial charge on any atom is -0.367 e. The van der Waals surface area contributed by atoms with E-state index in [1.54, 1.807) is 0 Å². The molecule has 0 N–H and O–H groups in total. The van der Waals surface area contributed by atoms with Crippen molar-refractivity contribution in [1.29, 1.82) is 0 Å². The standard InChI is InChI=1S/C17H17BrN2O2/c1-11-9-16-15(12(2)17(11)20(21)22)7-8-19(16)10-13-3-5-14(18)6-4-13/h3-6,9H,7-8,10H2,1-2H3. The van der Waals surface area contributed by atoms with Crippen molar-refractivity contribution < 1.29 is 4.92 Å². The van der Waals surface area contributed by atoms with E-state index in [2.05, 4.69) is 33.0 Å². The average Bonchev–Trinajstić information content (AvgIpc) is 2.84. The summed E-state index contributed by atoms with van der Waals surface area (Å²) in [6, 6.07) is 10.3. The number of aryl methyl sites for hydroxylation is 1. The maximum Gasteiger partial charge on any atom is 0.275 e. The van der Waals surface area contributed by atoms with Crippen LogP contribution in [0.2, 0.25) is 0 Å². The third-order valence-corrected chi connectivity index (χ3v) is 4.81. The van der Waals surface area contributed by atoms with Crippen LogP contribution in [-0.2, 0) is 13.0 Å². The maximum absolute atomic E-state index is 11.2. The van der Waals surface area contributed by atoms with Crippen LogP contribution in [0.1, 0.15) is 22.3 Å². The number of rotatable bonds is 3. The topological polar surface area (TPSA) is 46.4 Å². The lowest BCUT2D eigenvalue weighted by Crippen LogP contribution is -2.19. The largest absolute Gasteiger partial charge is 0.367 e. The zero-order valence-electron chi connectivity index (χ0n) is 12.6. The first-order chi connectivity index (χ1) is 10.5. The van der Waals surface area contributed by atoms with Gasteiger partial charge in [0.05, 0.1) is 4.92 Å². The molecule has 0 unspecified atom stereocenters. The fraction of sp³-hybridized carbons (Fsp3) is 0.294. The van der Waals surface area contributed by atoms with Crippen LogP contribution in [-0.4, -0.2) is 11.5 Å². The van der Waals surface area contributed by atoms with Gasteiger partial charge in [0.25, 0.3) is 5.69 Å². The molecule has 3 rings (SSSR count). The number of nitro benzene ring substituents is 1. The van der Waals surface area contributed by atoms with Gasteiger partial charge in [-0.15, -0.1) is 0 Å². The highest BCUT2D eigenvalue weighted by Gasteiger charge is 2.27. The highest BCUT2D eigenvalue weighted by atomic mass is 79.9. The maximum atomic E-state index is 11.2. The highest BCUT2D eigenvalue weighted by molar-refractivity contribution is 9.10. The molecule has 5 heteroatoms. The average molecular weight is 361 g/mol. The van der Waals surface area contributed by atoms with Crippen molar-refractivity contribution in [1.82, 2.24) is 0 Å². The van der Waals surface area contributed by atoms with Gasteiger partial charge in [0.2, 0.25) is 0 Å². The van der Waals surface area contributed by atoms with Gasteiger partial charge in [-0.2, -0.15) is 0 Å². The summed E-state index contributed by atoms with van der Waals surface area (Å²) in [4.78, 5) is 13.3. The molecule has 0 radical (unpaired) electrons. The number of anilines is 1. The lowest BCUT2D eigenvalue weighted by molar-refractivity contribution is -0.386. The van der Waals surface area contributed by atoms with Crippen LogP contribution in [0, 0.1) is 24.0 Å². The number of fused-ring (bicyclic) bond motifs is 1. The monoisotopic (exact) mass is 360 g/mol. The molecule has 0 saturated carbocycles. The second-order valence-corrected chi connectivity index (χ2v) is 6.64. The molecule has 0 aromatic heterocycles. The summed E-state index contributed by atoms with van der Waals surface area (Å²) in [5.74, 6) is 0. The Labute approximate surface area is 138 Å². The Morgan fingerprint density at radius 2 is 1.95 bits per heavy atom. The molecular weight excluding hydrogens is 344 g/mol. The zero-order chi connectivity index (χ0) is 15.9. The Morgan fingerprint density at radius 1 is 1.27 bits per heavy atom. The lowest BCUT2D eigenvalue weighted by atomic mass is 10.0. The number of nitrogens with zero attached hydrogens (tertiary/aromatic N) is 2. The van der Waals surface area contributed by atoms with Crippen LogP contribution >= 0.6 is 15.9 Å². The molecule has 0 saturated heterocycles. The first-order valence-electron chi connectivity index (χ1n) is 7.24. The summed E-state index contributed by atoms with van der Waals surface area (Å²) >= 11 is 3.45. The van der Waals surface area contributed by atoms with Crippen LogP contribution < -0.4 is 4.90 Å². The number of hydrogen-bond donors (Lipinski definition) is 0. The van der Waals surface area contributed by atoms with Gasteiger partial charge in [-0.05, 0) is 49.6 Å². The summed E-state index contributed by atoms with van der Waals surface area (Å²) in [6.07, 6.45) is 0.874. The predicted octanol–water partition coefficient (Wildman–Crippen LogP) is 4.54. The van der Waals surface area contributed by atoms with Crippen molar-refractivity contribution in [2.75, 3.05) is 11.4 Å². The van der Waals surface area contributed by atoms with Gasteiger partial charge in [-0.3, -0.25) is 10.1 Å². The molecule has 0 spiro atoms. The van der Waals surface area contributed by atoms with Crippen molar-refractivity contribution >= 4 is 27.3 Å². The van der Waals surface area contributed by atoms with E-state index in [0.29, 0.717) is 0 Å². The fourth-order valence-corrected chi connectivity index (χ4v) is 3.48. The Kier molecular flexibility index (Phi) is 3.91. The SMILES string of the molecule is Cc1cc2c(c(C)c1[N+](=O)[O-])CCN2Cc1ccc(Br)cc1.